The molecule has 0 saturated heterocycles. The topological polar surface area (TPSA) is 88.6 Å². The van der Waals surface area contributed by atoms with Crippen molar-refractivity contribution in [3.05, 3.63) is 72.4 Å². The van der Waals surface area contributed by atoms with Crippen LogP contribution in [0.4, 0.5) is 5.69 Å². The summed E-state index contributed by atoms with van der Waals surface area (Å²) in [6.45, 7) is 0.864. The lowest BCUT2D eigenvalue weighted by Gasteiger charge is -2.21. The predicted octanol–water partition coefficient (Wildman–Crippen LogP) is 3.77. The Morgan fingerprint density at radius 2 is 1.84 bits per heavy atom. The average Bonchev–Trinajstić information content (AvgIpc) is 3.09. The average molecular weight is 452 g/mol. The first-order valence-electron chi connectivity index (χ1n) is 10.4. The van der Waals surface area contributed by atoms with E-state index in [2.05, 4.69) is 10.3 Å². The molecule has 2 heterocycles. The van der Waals surface area contributed by atoms with Crippen molar-refractivity contribution in [2.24, 2.45) is 0 Å². The van der Waals surface area contributed by atoms with Crippen LogP contribution in [0, 0.1) is 0 Å². The summed E-state index contributed by atoms with van der Waals surface area (Å²) in [4.78, 5) is 17.3. The van der Waals surface area contributed by atoms with E-state index in [4.69, 9.17) is 4.74 Å². The molecule has 0 radical (unpaired) electrons. The second kappa shape index (κ2) is 9.50. The molecule has 32 heavy (non-hydrogen) atoms. The van der Waals surface area contributed by atoms with Crippen molar-refractivity contribution >= 4 is 32.5 Å². The molecular formula is C24H25N3O4S. The van der Waals surface area contributed by atoms with Crippen molar-refractivity contribution < 1.29 is 17.9 Å². The highest BCUT2D eigenvalue weighted by molar-refractivity contribution is 7.89. The Morgan fingerprint density at radius 1 is 1.09 bits per heavy atom. The molecule has 3 aromatic rings. The smallest absolute Gasteiger partial charge is 0.243 e. The fraction of sp³-hybridized carbons (Fsp3) is 0.250. The molecule has 0 fully saturated rings. The van der Waals surface area contributed by atoms with Crippen molar-refractivity contribution in [3.8, 4) is 5.75 Å². The van der Waals surface area contributed by atoms with Gasteiger partial charge >= 0.3 is 0 Å². The Kier molecular flexibility index (Phi) is 6.53. The number of ether oxygens (including phenoxy) is 1. The van der Waals surface area contributed by atoms with Gasteiger partial charge in [-0.2, -0.15) is 4.31 Å². The Morgan fingerprint density at radius 3 is 2.59 bits per heavy atom. The standard InChI is InChI=1S/C24H25N3O4S/c1-31-23-11-10-19(32(29,30)27-14-6-2-3-7-15-27)17-22(23)26-24(28)16-18-12-13-25-21-9-5-4-8-20(18)21/h2-5,8-13,17H,6-7,14-16H2,1H3,(H,26,28). The molecule has 0 spiro atoms. The second-order valence-corrected chi connectivity index (χ2v) is 9.47. The molecule has 1 N–H and O–H groups in total. The van der Waals surface area contributed by atoms with Gasteiger partial charge in [-0.25, -0.2) is 8.42 Å². The number of anilines is 1. The molecule has 0 aliphatic carbocycles. The highest BCUT2D eigenvalue weighted by atomic mass is 32.2. The SMILES string of the molecule is COc1ccc(S(=O)(=O)N2CCC=CCC2)cc1NC(=O)Cc1ccnc2ccccc12. The summed E-state index contributed by atoms with van der Waals surface area (Å²) in [7, 11) is -2.20. The molecule has 2 aromatic carbocycles. The van der Waals surface area contributed by atoms with Crippen LogP contribution in [-0.2, 0) is 21.2 Å². The van der Waals surface area contributed by atoms with Crippen molar-refractivity contribution in [2.75, 3.05) is 25.5 Å². The minimum atomic E-state index is -3.68. The number of rotatable bonds is 6. The Bertz CT molecular complexity index is 1260. The van der Waals surface area contributed by atoms with E-state index in [9.17, 15) is 13.2 Å². The van der Waals surface area contributed by atoms with E-state index in [1.54, 1.807) is 12.3 Å². The van der Waals surface area contributed by atoms with E-state index < -0.39 is 10.0 Å². The van der Waals surface area contributed by atoms with Gasteiger partial charge in [0.25, 0.3) is 0 Å². The third kappa shape index (κ3) is 4.66. The summed E-state index contributed by atoms with van der Waals surface area (Å²) in [5.41, 5.74) is 1.98. The molecule has 4 rings (SSSR count). The predicted molar refractivity (Wildman–Crippen MR) is 124 cm³/mol. The number of nitrogens with one attached hydrogen (secondary N) is 1. The number of pyridine rings is 1. The minimum Gasteiger partial charge on any atom is -0.495 e. The van der Waals surface area contributed by atoms with E-state index >= 15 is 0 Å². The summed E-state index contributed by atoms with van der Waals surface area (Å²) in [5, 5.41) is 3.73. The van der Waals surface area contributed by atoms with E-state index in [-0.39, 0.29) is 17.2 Å². The summed E-state index contributed by atoms with van der Waals surface area (Å²) in [6, 6.07) is 14.0. The number of fused-ring (bicyclic) bond motifs is 1. The third-order valence-electron chi connectivity index (χ3n) is 5.43. The first-order valence-corrected chi connectivity index (χ1v) is 11.9. The van der Waals surface area contributed by atoms with Gasteiger partial charge in [0.1, 0.15) is 5.75 Å². The number of nitrogens with zero attached hydrogens (tertiary/aromatic N) is 2. The van der Waals surface area contributed by atoms with Crippen LogP contribution in [0.3, 0.4) is 0 Å². The number of hydrogen-bond donors (Lipinski definition) is 1. The summed E-state index contributed by atoms with van der Waals surface area (Å²) >= 11 is 0. The number of hydrogen-bond acceptors (Lipinski definition) is 5. The Labute approximate surface area is 187 Å². The molecule has 0 atom stereocenters. The molecule has 166 valence electrons. The maximum Gasteiger partial charge on any atom is 0.243 e. The number of methoxy groups -OCH3 is 1. The lowest BCUT2D eigenvalue weighted by molar-refractivity contribution is -0.115. The molecular weight excluding hydrogens is 426 g/mol. The van der Waals surface area contributed by atoms with Crippen molar-refractivity contribution in [2.45, 2.75) is 24.2 Å². The Hall–Kier alpha value is -3.23. The number of carbonyl (C=O) groups excluding carboxylic acids is 1. The van der Waals surface area contributed by atoms with Crippen LogP contribution < -0.4 is 10.1 Å². The highest BCUT2D eigenvalue weighted by Crippen LogP contribution is 2.30. The van der Waals surface area contributed by atoms with Gasteiger partial charge < -0.3 is 10.1 Å². The molecule has 1 aromatic heterocycles. The van der Waals surface area contributed by atoms with Gasteiger partial charge in [0, 0.05) is 24.7 Å². The van der Waals surface area contributed by atoms with E-state index in [1.807, 2.05) is 42.5 Å². The fourth-order valence-corrected chi connectivity index (χ4v) is 5.29. The zero-order valence-corrected chi connectivity index (χ0v) is 18.6. The number of aromatic nitrogens is 1. The molecule has 0 saturated carbocycles. The number of para-hydroxylation sites is 1. The third-order valence-corrected chi connectivity index (χ3v) is 7.32. The first-order chi connectivity index (χ1) is 15.5. The van der Waals surface area contributed by atoms with Crippen LogP contribution in [0.2, 0.25) is 0 Å². The zero-order valence-electron chi connectivity index (χ0n) is 17.8. The van der Waals surface area contributed by atoms with Crippen LogP contribution in [0.15, 0.2) is 71.8 Å². The number of amides is 1. The second-order valence-electron chi connectivity index (χ2n) is 7.53. The van der Waals surface area contributed by atoms with Crippen molar-refractivity contribution in [1.29, 1.82) is 0 Å². The first kappa shape index (κ1) is 22.0. The minimum absolute atomic E-state index is 0.126. The largest absolute Gasteiger partial charge is 0.495 e. The maximum absolute atomic E-state index is 13.2. The zero-order chi connectivity index (χ0) is 22.6. The molecule has 0 unspecified atom stereocenters. The Balaban J connectivity index is 1.58. The molecule has 0 bridgehead atoms. The van der Waals surface area contributed by atoms with E-state index in [0.29, 0.717) is 37.4 Å². The van der Waals surface area contributed by atoms with Crippen LogP contribution in [0.5, 0.6) is 5.75 Å². The number of carbonyl (C=O) groups is 1. The van der Waals surface area contributed by atoms with E-state index in [1.165, 1.54) is 23.5 Å². The number of benzene rings is 2. The number of sulfonamides is 1. The van der Waals surface area contributed by atoms with Gasteiger partial charge in [0.15, 0.2) is 0 Å². The van der Waals surface area contributed by atoms with Crippen molar-refractivity contribution in [1.82, 2.24) is 9.29 Å². The summed E-state index contributed by atoms with van der Waals surface area (Å²) < 4.78 is 33.1. The van der Waals surface area contributed by atoms with Gasteiger partial charge in [-0.05, 0) is 48.7 Å². The van der Waals surface area contributed by atoms with Gasteiger partial charge in [-0.1, -0.05) is 30.4 Å². The van der Waals surface area contributed by atoms with Crippen LogP contribution in [-0.4, -0.2) is 43.8 Å². The van der Waals surface area contributed by atoms with Gasteiger partial charge in [0.05, 0.1) is 29.6 Å². The lowest BCUT2D eigenvalue weighted by atomic mass is 10.1. The van der Waals surface area contributed by atoms with Gasteiger partial charge in [-0.3, -0.25) is 9.78 Å². The van der Waals surface area contributed by atoms with Crippen LogP contribution >= 0.6 is 0 Å². The summed E-state index contributed by atoms with van der Waals surface area (Å²) in [5.74, 6) is 0.127. The van der Waals surface area contributed by atoms with Gasteiger partial charge in [-0.15, -0.1) is 0 Å². The normalized spacial score (nSPS) is 14.8. The van der Waals surface area contributed by atoms with Gasteiger partial charge in [0.2, 0.25) is 15.9 Å². The highest BCUT2D eigenvalue weighted by Gasteiger charge is 2.25. The van der Waals surface area contributed by atoms with Crippen molar-refractivity contribution in [3.63, 3.8) is 0 Å². The lowest BCUT2D eigenvalue weighted by Crippen LogP contribution is -2.32. The molecule has 1 amide bonds. The maximum atomic E-state index is 13.2. The van der Waals surface area contributed by atoms with Crippen LogP contribution in [0.25, 0.3) is 10.9 Å². The molecule has 1 aliphatic rings. The molecule has 7 nitrogen and oxygen atoms in total. The monoisotopic (exact) mass is 451 g/mol. The summed E-state index contributed by atoms with van der Waals surface area (Å²) in [6.07, 6.45) is 7.16. The quantitative estimate of drug-likeness (QED) is 0.577. The molecule has 8 heteroatoms. The van der Waals surface area contributed by atoms with E-state index in [0.717, 1.165) is 16.5 Å². The fourth-order valence-electron chi connectivity index (χ4n) is 3.80. The molecule has 1 aliphatic heterocycles. The van der Waals surface area contributed by atoms with Crippen LogP contribution in [0.1, 0.15) is 18.4 Å².